The van der Waals surface area contributed by atoms with Gasteiger partial charge in [0.2, 0.25) is 11.8 Å². The topological polar surface area (TPSA) is 119 Å². The van der Waals surface area contributed by atoms with Crippen LogP contribution in [0.1, 0.15) is 26.2 Å². The van der Waals surface area contributed by atoms with Crippen LogP contribution < -0.4 is 16.6 Å². The van der Waals surface area contributed by atoms with E-state index in [-0.39, 0.29) is 22.9 Å². The Morgan fingerprint density at radius 3 is 2.83 bits per heavy atom. The molecule has 0 radical (unpaired) electrons. The molecule has 1 aliphatic carbocycles. The van der Waals surface area contributed by atoms with Gasteiger partial charge in [-0.25, -0.2) is 10.8 Å². The number of hydrogen-bond acceptors (Lipinski definition) is 7. The summed E-state index contributed by atoms with van der Waals surface area (Å²) in [7, 11) is 0. The second-order valence-corrected chi connectivity index (χ2v) is 4.85. The van der Waals surface area contributed by atoms with Crippen molar-refractivity contribution in [3.8, 4) is 0 Å². The van der Waals surface area contributed by atoms with Crippen LogP contribution in [0.15, 0.2) is 6.20 Å². The van der Waals surface area contributed by atoms with Gasteiger partial charge in [-0.2, -0.15) is 4.98 Å². The van der Waals surface area contributed by atoms with E-state index in [4.69, 9.17) is 5.84 Å². The van der Waals surface area contributed by atoms with E-state index >= 15 is 0 Å². The van der Waals surface area contributed by atoms with Gasteiger partial charge < -0.3 is 5.32 Å². The lowest BCUT2D eigenvalue weighted by molar-refractivity contribution is -0.384. The van der Waals surface area contributed by atoms with Gasteiger partial charge in [-0.05, 0) is 18.3 Å². The minimum atomic E-state index is -0.508. The first-order valence-electron chi connectivity index (χ1n) is 5.76. The fraction of sp³-hybridized carbons (Fsp3) is 0.600. The van der Waals surface area contributed by atoms with Crippen molar-refractivity contribution in [1.29, 1.82) is 0 Å². The Hall–Kier alpha value is -1.96. The molecule has 8 nitrogen and oxygen atoms in total. The minimum absolute atomic E-state index is 0.142. The summed E-state index contributed by atoms with van der Waals surface area (Å²) in [6.45, 7) is 2.81. The average Bonchev–Trinajstić information content (AvgIpc) is 2.33. The predicted octanol–water partition coefficient (Wildman–Crippen LogP) is 1.27. The Kier molecular flexibility index (Phi) is 3.28. The van der Waals surface area contributed by atoms with E-state index in [0.717, 1.165) is 19.0 Å². The number of rotatable bonds is 5. The van der Waals surface area contributed by atoms with Gasteiger partial charge in [0.15, 0.2) is 0 Å². The number of nitro groups is 1. The average molecular weight is 252 g/mol. The summed E-state index contributed by atoms with van der Waals surface area (Å²) in [6, 6.07) is 0. The van der Waals surface area contributed by atoms with E-state index in [1.807, 2.05) is 0 Å². The summed E-state index contributed by atoms with van der Waals surface area (Å²) in [4.78, 5) is 18.1. The molecule has 98 valence electrons. The summed E-state index contributed by atoms with van der Waals surface area (Å²) in [5.41, 5.74) is 2.34. The molecule has 0 unspecified atom stereocenters. The molecule has 0 spiro atoms. The molecule has 1 aromatic rings. The normalized spacial score (nSPS) is 16.8. The summed E-state index contributed by atoms with van der Waals surface area (Å²) in [6.07, 6.45) is 4.61. The summed E-state index contributed by atoms with van der Waals surface area (Å²) < 4.78 is 0. The molecule has 1 aliphatic rings. The standard InChI is InChI=1S/C10H16N6O2/c1-10(3-2-4-10)6-13-8-7(16(17)18)5-12-9(14-8)15-11/h5H,2-4,6,11H2,1H3,(H2,12,13,14,15). The van der Waals surface area contributed by atoms with Crippen molar-refractivity contribution in [2.45, 2.75) is 26.2 Å². The molecule has 0 bridgehead atoms. The van der Waals surface area contributed by atoms with Gasteiger partial charge in [0, 0.05) is 6.54 Å². The van der Waals surface area contributed by atoms with Crippen LogP contribution in [0.4, 0.5) is 17.5 Å². The zero-order chi connectivity index (χ0) is 13.2. The van der Waals surface area contributed by atoms with Crippen LogP contribution in [0.5, 0.6) is 0 Å². The van der Waals surface area contributed by atoms with Gasteiger partial charge in [0.05, 0.1) is 4.92 Å². The van der Waals surface area contributed by atoms with Gasteiger partial charge in [-0.3, -0.25) is 15.5 Å². The lowest BCUT2D eigenvalue weighted by Crippen LogP contribution is -2.33. The molecule has 0 saturated heterocycles. The van der Waals surface area contributed by atoms with Crippen molar-refractivity contribution in [2.75, 3.05) is 17.3 Å². The van der Waals surface area contributed by atoms with Crippen molar-refractivity contribution in [2.24, 2.45) is 11.3 Å². The van der Waals surface area contributed by atoms with E-state index in [9.17, 15) is 10.1 Å². The quantitative estimate of drug-likeness (QED) is 0.410. The van der Waals surface area contributed by atoms with Crippen molar-refractivity contribution >= 4 is 17.5 Å². The molecule has 0 aromatic carbocycles. The maximum Gasteiger partial charge on any atom is 0.329 e. The molecule has 1 aromatic heterocycles. The number of nitrogens with two attached hydrogens (primary N) is 1. The van der Waals surface area contributed by atoms with Crippen LogP contribution in [0, 0.1) is 15.5 Å². The molecule has 18 heavy (non-hydrogen) atoms. The number of aromatic nitrogens is 2. The van der Waals surface area contributed by atoms with Gasteiger partial charge in [-0.15, -0.1) is 0 Å². The highest BCUT2D eigenvalue weighted by Crippen LogP contribution is 2.40. The minimum Gasteiger partial charge on any atom is -0.364 e. The smallest absolute Gasteiger partial charge is 0.329 e. The molecule has 0 atom stereocenters. The number of nitrogen functional groups attached to an aromatic ring is 1. The Morgan fingerprint density at radius 2 is 2.33 bits per heavy atom. The highest BCUT2D eigenvalue weighted by molar-refractivity contribution is 5.56. The fourth-order valence-corrected chi connectivity index (χ4v) is 1.96. The summed E-state index contributed by atoms with van der Waals surface area (Å²) >= 11 is 0. The summed E-state index contributed by atoms with van der Waals surface area (Å²) in [5, 5.41) is 13.9. The third-order valence-electron chi connectivity index (χ3n) is 3.34. The fourth-order valence-electron chi connectivity index (χ4n) is 1.96. The number of anilines is 2. The van der Waals surface area contributed by atoms with E-state index in [2.05, 4.69) is 27.6 Å². The Morgan fingerprint density at radius 1 is 1.61 bits per heavy atom. The Bertz CT molecular complexity index is 460. The molecule has 1 heterocycles. The molecular formula is C10H16N6O2. The van der Waals surface area contributed by atoms with Crippen LogP contribution in [-0.2, 0) is 0 Å². The molecule has 0 amide bonds. The van der Waals surface area contributed by atoms with Crippen LogP contribution >= 0.6 is 0 Å². The van der Waals surface area contributed by atoms with Crippen molar-refractivity contribution in [3.63, 3.8) is 0 Å². The molecule has 0 aliphatic heterocycles. The van der Waals surface area contributed by atoms with E-state index < -0.39 is 4.92 Å². The van der Waals surface area contributed by atoms with Gasteiger partial charge in [0.25, 0.3) is 0 Å². The highest BCUT2D eigenvalue weighted by Gasteiger charge is 2.32. The van der Waals surface area contributed by atoms with Crippen LogP contribution in [0.2, 0.25) is 0 Å². The van der Waals surface area contributed by atoms with Gasteiger partial charge in [0.1, 0.15) is 6.20 Å². The number of hydrogen-bond donors (Lipinski definition) is 3. The largest absolute Gasteiger partial charge is 0.364 e. The van der Waals surface area contributed by atoms with Crippen LogP contribution in [0.25, 0.3) is 0 Å². The van der Waals surface area contributed by atoms with Crippen molar-refractivity contribution in [1.82, 2.24) is 9.97 Å². The first kappa shape index (κ1) is 12.5. The summed E-state index contributed by atoms with van der Waals surface area (Å²) in [5.74, 6) is 5.55. The third-order valence-corrected chi connectivity index (χ3v) is 3.34. The van der Waals surface area contributed by atoms with E-state index in [1.165, 1.54) is 6.42 Å². The van der Waals surface area contributed by atoms with Gasteiger partial charge in [-0.1, -0.05) is 13.3 Å². The molecular weight excluding hydrogens is 236 g/mol. The highest BCUT2D eigenvalue weighted by atomic mass is 16.6. The Balaban J connectivity index is 2.15. The maximum atomic E-state index is 10.9. The van der Waals surface area contributed by atoms with E-state index in [1.54, 1.807) is 0 Å². The maximum absolute atomic E-state index is 10.9. The Labute approximate surface area is 104 Å². The first-order valence-corrected chi connectivity index (χ1v) is 5.76. The second-order valence-electron chi connectivity index (χ2n) is 4.85. The number of hydrazine groups is 1. The molecule has 2 rings (SSSR count). The third kappa shape index (κ3) is 2.48. The predicted molar refractivity (Wildman–Crippen MR) is 66.9 cm³/mol. The number of nitrogens with one attached hydrogen (secondary N) is 2. The zero-order valence-corrected chi connectivity index (χ0v) is 10.1. The van der Waals surface area contributed by atoms with E-state index in [0.29, 0.717) is 6.54 Å². The first-order chi connectivity index (χ1) is 8.54. The molecule has 8 heteroatoms. The molecule has 1 saturated carbocycles. The number of nitrogens with zero attached hydrogens (tertiary/aromatic N) is 3. The lowest BCUT2D eigenvalue weighted by atomic mass is 9.70. The van der Waals surface area contributed by atoms with Crippen molar-refractivity contribution in [3.05, 3.63) is 16.3 Å². The monoisotopic (exact) mass is 252 g/mol. The van der Waals surface area contributed by atoms with Crippen molar-refractivity contribution < 1.29 is 4.92 Å². The van der Waals surface area contributed by atoms with Crippen LogP contribution in [0.3, 0.4) is 0 Å². The molecule has 4 N–H and O–H groups in total. The second kappa shape index (κ2) is 4.73. The SMILES string of the molecule is CC1(CNc2nc(NN)ncc2[N+](=O)[O-])CCC1. The molecule has 1 fully saturated rings. The zero-order valence-electron chi connectivity index (χ0n) is 10.1. The lowest BCUT2D eigenvalue weighted by Gasteiger charge is -2.38. The van der Waals surface area contributed by atoms with Crippen LogP contribution in [-0.4, -0.2) is 21.4 Å². The van der Waals surface area contributed by atoms with Gasteiger partial charge >= 0.3 is 5.69 Å².